The number of furan rings is 1. The molecule has 0 aliphatic rings. The van der Waals surface area contributed by atoms with E-state index in [2.05, 4.69) is 46.4 Å². The van der Waals surface area contributed by atoms with Gasteiger partial charge >= 0.3 is 0 Å². The first-order valence-corrected chi connectivity index (χ1v) is 7.52. The zero-order valence-electron chi connectivity index (χ0n) is 11.9. The summed E-state index contributed by atoms with van der Waals surface area (Å²) < 4.78 is 12.3. The molecule has 108 valence electrons. The summed E-state index contributed by atoms with van der Waals surface area (Å²) in [5, 5.41) is 4.41. The lowest BCUT2D eigenvalue weighted by atomic mass is 10.2. The van der Waals surface area contributed by atoms with E-state index < -0.39 is 0 Å². The molecule has 2 aromatic carbocycles. The molecule has 0 atom stereocenters. The van der Waals surface area contributed by atoms with Gasteiger partial charge in [-0.1, -0.05) is 34.1 Å². The Kier molecular flexibility index (Phi) is 3.88. The molecule has 1 heterocycles. The minimum Gasteiger partial charge on any atom is -0.493 e. The minimum absolute atomic E-state index is 0.632. The van der Waals surface area contributed by atoms with E-state index in [0.717, 1.165) is 32.6 Å². The lowest BCUT2D eigenvalue weighted by Crippen LogP contribution is -1.98. The van der Waals surface area contributed by atoms with Crippen molar-refractivity contribution >= 4 is 32.6 Å². The van der Waals surface area contributed by atoms with Crippen molar-refractivity contribution in [3.05, 3.63) is 58.3 Å². The van der Waals surface area contributed by atoms with E-state index in [1.165, 1.54) is 5.56 Å². The number of anilines is 1. The predicted octanol–water partition coefficient (Wildman–Crippen LogP) is 5.12. The van der Waals surface area contributed by atoms with Gasteiger partial charge in [-0.15, -0.1) is 0 Å². The smallest absolute Gasteiger partial charge is 0.176 e. The van der Waals surface area contributed by atoms with Gasteiger partial charge in [0, 0.05) is 15.5 Å². The molecule has 3 nitrogen and oxygen atoms in total. The fourth-order valence-electron chi connectivity index (χ4n) is 2.23. The predicted molar refractivity (Wildman–Crippen MR) is 89.0 cm³/mol. The summed E-state index contributed by atoms with van der Waals surface area (Å²) in [6, 6.07) is 14.1. The molecular formula is C17H16BrNO2. The monoisotopic (exact) mass is 345 g/mol. The van der Waals surface area contributed by atoms with Crippen molar-refractivity contribution in [3.63, 3.8) is 0 Å². The number of fused-ring (bicyclic) bond motifs is 1. The summed E-state index contributed by atoms with van der Waals surface area (Å²) in [4.78, 5) is 0. The number of aryl methyl sites for hydroxylation is 1. The number of hydrogen-bond acceptors (Lipinski definition) is 3. The van der Waals surface area contributed by atoms with E-state index >= 15 is 0 Å². The Labute approximate surface area is 132 Å². The first-order chi connectivity index (χ1) is 10.2. The largest absolute Gasteiger partial charge is 0.493 e. The van der Waals surface area contributed by atoms with Gasteiger partial charge in [0.15, 0.2) is 11.3 Å². The molecule has 3 rings (SSSR count). The van der Waals surface area contributed by atoms with Crippen LogP contribution in [0.15, 0.2) is 51.4 Å². The van der Waals surface area contributed by atoms with E-state index in [-0.39, 0.29) is 0 Å². The maximum absolute atomic E-state index is 5.87. The zero-order valence-corrected chi connectivity index (χ0v) is 13.5. The molecule has 3 aromatic rings. The molecule has 0 unspecified atom stereocenters. The Hall–Kier alpha value is -1.94. The summed E-state index contributed by atoms with van der Waals surface area (Å²) in [7, 11) is 1.65. The van der Waals surface area contributed by atoms with E-state index in [1.807, 2.05) is 24.3 Å². The first-order valence-electron chi connectivity index (χ1n) is 6.73. The summed E-state index contributed by atoms with van der Waals surface area (Å²) in [6.45, 7) is 2.70. The third kappa shape index (κ3) is 2.90. The molecule has 0 bridgehead atoms. The normalized spacial score (nSPS) is 10.8. The Morgan fingerprint density at radius 3 is 2.81 bits per heavy atom. The molecule has 0 radical (unpaired) electrons. The van der Waals surface area contributed by atoms with Gasteiger partial charge in [0.2, 0.25) is 0 Å². The number of para-hydroxylation sites is 1. The van der Waals surface area contributed by atoms with Gasteiger partial charge in [-0.3, -0.25) is 0 Å². The topological polar surface area (TPSA) is 34.4 Å². The number of halogens is 1. The van der Waals surface area contributed by atoms with Crippen molar-refractivity contribution in [1.29, 1.82) is 0 Å². The maximum Gasteiger partial charge on any atom is 0.176 e. The summed E-state index contributed by atoms with van der Waals surface area (Å²) in [5.74, 6) is 1.64. The molecule has 21 heavy (non-hydrogen) atoms. The average Bonchev–Trinajstić information content (AvgIpc) is 2.91. The van der Waals surface area contributed by atoms with Crippen LogP contribution in [-0.4, -0.2) is 7.11 Å². The summed E-state index contributed by atoms with van der Waals surface area (Å²) in [5.41, 5.74) is 3.07. The van der Waals surface area contributed by atoms with E-state index in [0.29, 0.717) is 6.54 Å². The van der Waals surface area contributed by atoms with Gasteiger partial charge in [-0.25, -0.2) is 0 Å². The van der Waals surface area contributed by atoms with Crippen LogP contribution in [0.3, 0.4) is 0 Å². The summed E-state index contributed by atoms with van der Waals surface area (Å²) >= 11 is 3.54. The molecule has 1 aromatic heterocycles. The third-order valence-electron chi connectivity index (χ3n) is 3.42. The number of nitrogens with one attached hydrogen (secondary N) is 1. The second kappa shape index (κ2) is 5.82. The first kappa shape index (κ1) is 14.0. The van der Waals surface area contributed by atoms with Crippen LogP contribution >= 0.6 is 15.9 Å². The van der Waals surface area contributed by atoms with Crippen LogP contribution in [0, 0.1) is 6.92 Å². The van der Waals surface area contributed by atoms with E-state index in [9.17, 15) is 0 Å². The number of methoxy groups -OCH3 is 1. The molecule has 0 saturated heterocycles. The van der Waals surface area contributed by atoms with Crippen molar-refractivity contribution in [2.75, 3.05) is 12.4 Å². The van der Waals surface area contributed by atoms with Crippen LogP contribution in [0.2, 0.25) is 0 Å². The molecule has 4 heteroatoms. The summed E-state index contributed by atoms with van der Waals surface area (Å²) in [6.07, 6.45) is 0. The maximum atomic E-state index is 5.87. The fourth-order valence-corrected chi connectivity index (χ4v) is 2.61. The van der Waals surface area contributed by atoms with Crippen LogP contribution < -0.4 is 10.1 Å². The molecule has 0 fully saturated rings. The lowest BCUT2D eigenvalue weighted by molar-refractivity contribution is 0.408. The number of ether oxygens (including phenoxy) is 1. The molecule has 0 aliphatic carbocycles. The number of rotatable bonds is 4. The van der Waals surface area contributed by atoms with Gasteiger partial charge in [-0.05, 0) is 36.8 Å². The standard InChI is InChI=1S/C17H16BrNO2/c1-11-6-7-13(9-15(11)18)19-10-14-8-12-4-3-5-16(20-2)17(12)21-14/h3-9,19H,10H2,1-2H3. The van der Waals surface area contributed by atoms with Crippen molar-refractivity contribution in [3.8, 4) is 5.75 Å². The Bertz CT molecular complexity index is 780. The second-order valence-corrected chi connectivity index (χ2v) is 5.76. The van der Waals surface area contributed by atoms with Gasteiger partial charge < -0.3 is 14.5 Å². The zero-order chi connectivity index (χ0) is 14.8. The molecule has 0 saturated carbocycles. The molecule has 0 aliphatic heterocycles. The highest BCUT2D eigenvalue weighted by Gasteiger charge is 2.08. The third-order valence-corrected chi connectivity index (χ3v) is 4.27. The second-order valence-electron chi connectivity index (χ2n) is 4.91. The van der Waals surface area contributed by atoms with Crippen molar-refractivity contribution in [2.24, 2.45) is 0 Å². The highest BCUT2D eigenvalue weighted by molar-refractivity contribution is 9.10. The number of benzene rings is 2. The van der Waals surface area contributed by atoms with E-state index in [1.54, 1.807) is 7.11 Å². The van der Waals surface area contributed by atoms with Gasteiger partial charge in [0.1, 0.15) is 5.76 Å². The molecule has 1 N–H and O–H groups in total. The van der Waals surface area contributed by atoms with Crippen LogP contribution in [0.5, 0.6) is 5.75 Å². The highest BCUT2D eigenvalue weighted by atomic mass is 79.9. The van der Waals surface area contributed by atoms with Gasteiger partial charge in [0.25, 0.3) is 0 Å². The number of hydrogen-bond donors (Lipinski definition) is 1. The average molecular weight is 346 g/mol. The van der Waals surface area contributed by atoms with Crippen LogP contribution in [-0.2, 0) is 6.54 Å². The van der Waals surface area contributed by atoms with Gasteiger partial charge in [0.05, 0.1) is 13.7 Å². The Morgan fingerprint density at radius 2 is 2.05 bits per heavy atom. The van der Waals surface area contributed by atoms with Crippen molar-refractivity contribution < 1.29 is 9.15 Å². The van der Waals surface area contributed by atoms with Gasteiger partial charge in [-0.2, -0.15) is 0 Å². The van der Waals surface area contributed by atoms with Crippen molar-refractivity contribution in [2.45, 2.75) is 13.5 Å². The molecule has 0 spiro atoms. The quantitative estimate of drug-likeness (QED) is 0.712. The Balaban J connectivity index is 1.80. The minimum atomic E-state index is 0.632. The Morgan fingerprint density at radius 1 is 1.19 bits per heavy atom. The fraction of sp³-hybridized carbons (Fsp3) is 0.176. The van der Waals surface area contributed by atoms with E-state index in [4.69, 9.17) is 9.15 Å². The van der Waals surface area contributed by atoms with Crippen LogP contribution in [0.4, 0.5) is 5.69 Å². The van der Waals surface area contributed by atoms with Crippen molar-refractivity contribution in [1.82, 2.24) is 0 Å². The molecule has 0 amide bonds. The van der Waals surface area contributed by atoms with Crippen LogP contribution in [0.25, 0.3) is 11.0 Å². The van der Waals surface area contributed by atoms with Crippen LogP contribution in [0.1, 0.15) is 11.3 Å². The highest BCUT2D eigenvalue weighted by Crippen LogP contribution is 2.29. The lowest BCUT2D eigenvalue weighted by Gasteiger charge is -2.06. The molecular weight excluding hydrogens is 330 g/mol. The SMILES string of the molecule is COc1cccc2cc(CNc3ccc(C)c(Br)c3)oc12.